The summed E-state index contributed by atoms with van der Waals surface area (Å²) < 4.78 is 1.99. The van der Waals surface area contributed by atoms with Crippen molar-refractivity contribution in [2.45, 2.75) is 25.8 Å². The number of nitrogens with one attached hydrogen (secondary N) is 1. The molecule has 0 radical (unpaired) electrons. The molecule has 6 heteroatoms. The summed E-state index contributed by atoms with van der Waals surface area (Å²) >= 11 is 6.41. The number of rotatable bonds is 3. The molecular weight excluding hydrogens is 334 g/mol. The maximum atomic E-state index is 6.41. The highest BCUT2D eigenvalue weighted by atomic mass is 35.5. The molecule has 0 bridgehead atoms. The quantitative estimate of drug-likeness (QED) is 0.592. The zero-order valence-corrected chi connectivity index (χ0v) is 14.5. The molecule has 0 amide bonds. The maximum Gasteiger partial charge on any atom is 0.211 e. The minimum atomic E-state index is 0.472. The van der Waals surface area contributed by atoms with E-state index in [9.17, 15) is 0 Å². The molecular formula is C19H16ClN5. The Balaban J connectivity index is 1.86. The van der Waals surface area contributed by atoms with Gasteiger partial charge in [-0.05, 0) is 44.0 Å². The Bertz CT molecular complexity index is 1110. The molecule has 4 aromatic rings. The van der Waals surface area contributed by atoms with Crippen LogP contribution in [0.15, 0.2) is 42.5 Å². The highest BCUT2D eigenvalue weighted by molar-refractivity contribution is 6.33. The molecule has 2 aromatic heterocycles. The lowest BCUT2D eigenvalue weighted by molar-refractivity contribution is 1.03. The van der Waals surface area contributed by atoms with Crippen molar-refractivity contribution in [2.75, 3.05) is 5.32 Å². The number of anilines is 1. The molecule has 0 saturated heterocycles. The fourth-order valence-electron chi connectivity index (χ4n) is 3.07. The van der Waals surface area contributed by atoms with Crippen molar-refractivity contribution in [3.8, 4) is 11.4 Å². The van der Waals surface area contributed by atoms with E-state index in [4.69, 9.17) is 16.6 Å². The second-order valence-electron chi connectivity index (χ2n) is 6.54. The molecule has 1 saturated carbocycles. The van der Waals surface area contributed by atoms with E-state index in [1.807, 2.05) is 34.7 Å². The van der Waals surface area contributed by atoms with Crippen LogP contribution in [0.5, 0.6) is 0 Å². The molecule has 0 aliphatic heterocycles. The molecule has 0 atom stereocenters. The third kappa shape index (κ3) is 2.43. The lowest BCUT2D eigenvalue weighted by Crippen LogP contribution is -2.09. The molecule has 1 N–H and O–H groups in total. The summed E-state index contributed by atoms with van der Waals surface area (Å²) in [6.45, 7) is 2.07. The fourth-order valence-corrected chi connectivity index (χ4v) is 3.29. The summed E-state index contributed by atoms with van der Waals surface area (Å²) in [6.07, 6.45) is 2.33. The van der Waals surface area contributed by atoms with Crippen LogP contribution < -0.4 is 5.32 Å². The van der Waals surface area contributed by atoms with Crippen molar-refractivity contribution in [2.24, 2.45) is 0 Å². The van der Waals surface area contributed by atoms with Crippen LogP contribution in [-0.2, 0) is 0 Å². The van der Waals surface area contributed by atoms with Gasteiger partial charge in [-0.3, -0.25) is 0 Å². The van der Waals surface area contributed by atoms with Crippen LogP contribution in [0, 0.1) is 6.92 Å². The standard InChI is InChI=1S/C19H16ClN5/c1-11-6-9-16-14(10-11)18-24-23-17(13-4-2-3-5-15(13)20)25(18)19(22-16)21-12-7-8-12/h2-6,9-10,12H,7-8H2,1H3,(H,21,22). The third-order valence-electron chi connectivity index (χ3n) is 4.52. The van der Waals surface area contributed by atoms with Crippen LogP contribution in [0.4, 0.5) is 5.95 Å². The summed E-state index contributed by atoms with van der Waals surface area (Å²) in [5.41, 5.74) is 3.73. The first-order chi connectivity index (χ1) is 12.2. The molecule has 5 rings (SSSR count). The van der Waals surface area contributed by atoms with E-state index in [1.54, 1.807) is 0 Å². The van der Waals surface area contributed by atoms with E-state index in [0.717, 1.165) is 28.1 Å². The summed E-state index contributed by atoms with van der Waals surface area (Å²) in [5, 5.41) is 14.1. The Hall–Kier alpha value is -2.66. The van der Waals surface area contributed by atoms with Crippen molar-refractivity contribution in [3.05, 3.63) is 53.1 Å². The summed E-state index contributed by atoms with van der Waals surface area (Å²) in [6, 6.07) is 14.4. The Morgan fingerprint density at radius 2 is 1.96 bits per heavy atom. The normalized spacial score (nSPS) is 14.3. The molecule has 0 unspecified atom stereocenters. The minimum Gasteiger partial charge on any atom is -0.353 e. The monoisotopic (exact) mass is 349 g/mol. The van der Waals surface area contributed by atoms with E-state index in [1.165, 1.54) is 18.4 Å². The highest BCUT2D eigenvalue weighted by Gasteiger charge is 2.25. The van der Waals surface area contributed by atoms with Gasteiger partial charge >= 0.3 is 0 Å². The number of benzene rings is 2. The van der Waals surface area contributed by atoms with E-state index < -0.39 is 0 Å². The van der Waals surface area contributed by atoms with Gasteiger partial charge in [-0.1, -0.05) is 35.4 Å². The number of hydrogen-bond donors (Lipinski definition) is 1. The second kappa shape index (κ2) is 5.43. The van der Waals surface area contributed by atoms with Gasteiger partial charge in [0.1, 0.15) is 0 Å². The number of nitrogens with zero attached hydrogens (tertiary/aromatic N) is 4. The topological polar surface area (TPSA) is 55.1 Å². The Kier molecular flexibility index (Phi) is 3.18. The first-order valence-electron chi connectivity index (χ1n) is 8.37. The molecule has 1 aliphatic carbocycles. The molecule has 2 aromatic carbocycles. The number of fused-ring (bicyclic) bond motifs is 3. The average molecular weight is 350 g/mol. The predicted molar refractivity (Wildman–Crippen MR) is 100 cm³/mol. The van der Waals surface area contributed by atoms with Crippen molar-refractivity contribution in [1.82, 2.24) is 19.6 Å². The number of halogens is 1. The van der Waals surface area contributed by atoms with Gasteiger partial charge in [0.2, 0.25) is 5.95 Å². The lowest BCUT2D eigenvalue weighted by atomic mass is 10.1. The molecule has 5 nitrogen and oxygen atoms in total. The predicted octanol–water partition coefficient (Wildman–Crippen LogP) is 4.48. The van der Waals surface area contributed by atoms with Crippen molar-refractivity contribution in [3.63, 3.8) is 0 Å². The molecule has 1 fully saturated rings. The Morgan fingerprint density at radius 1 is 1.12 bits per heavy atom. The Labute approximate surface area is 149 Å². The average Bonchev–Trinajstić information content (AvgIpc) is 3.31. The summed E-state index contributed by atoms with van der Waals surface area (Å²) in [5.74, 6) is 1.48. The van der Waals surface area contributed by atoms with Crippen LogP contribution in [0.1, 0.15) is 18.4 Å². The zero-order valence-electron chi connectivity index (χ0n) is 13.7. The first-order valence-corrected chi connectivity index (χ1v) is 8.75. The Morgan fingerprint density at radius 3 is 2.76 bits per heavy atom. The van der Waals surface area contributed by atoms with Gasteiger partial charge in [0.25, 0.3) is 0 Å². The number of hydrogen-bond acceptors (Lipinski definition) is 4. The van der Waals surface area contributed by atoms with Crippen molar-refractivity contribution >= 4 is 34.1 Å². The van der Waals surface area contributed by atoms with Gasteiger partial charge < -0.3 is 5.32 Å². The molecule has 2 heterocycles. The number of aryl methyl sites for hydroxylation is 1. The van der Waals surface area contributed by atoms with Gasteiger partial charge in [0.15, 0.2) is 11.5 Å². The van der Waals surface area contributed by atoms with Gasteiger partial charge in [-0.25, -0.2) is 9.38 Å². The number of aromatic nitrogens is 4. The van der Waals surface area contributed by atoms with Gasteiger partial charge in [0, 0.05) is 17.0 Å². The largest absolute Gasteiger partial charge is 0.353 e. The lowest BCUT2D eigenvalue weighted by Gasteiger charge is -2.11. The molecule has 1 aliphatic rings. The summed E-state index contributed by atoms with van der Waals surface area (Å²) in [7, 11) is 0. The van der Waals surface area contributed by atoms with E-state index in [2.05, 4.69) is 34.6 Å². The van der Waals surface area contributed by atoms with Crippen LogP contribution in [0.25, 0.3) is 27.9 Å². The highest BCUT2D eigenvalue weighted by Crippen LogP contribution is 2.32. The smallest absolute Gasteiger partial charge is 0.211 e. The van der Waals surface area contributed by atoms with Crippen LogP contribution in [0.2, 0.25) is 5.02 Å². The molecule has 124 valence electrons. The van der Waals surface area contributed by atoms with Crippen LogP contribution >= 0.6 is 11.6 Å². The van der Waals surface area contributed by atoms with Gasteiger partial charge in [0.05, 0.1) is 10.5 Å². The molecule has 0 spiro atoms. The summed E-state index contributed by atoms with van der Waals surface area (Å²) in [4.78, 5) is 4.84. The second-order valence-corrected chi connectivity index (χ2v) is 6.94. The maximum absolute atomic E-state index is 6.41. The van der Waals surface area contributed by atoms with E-state index >= 15 is 0 Å². The minimum absolute atomic E-state index is 0.472. The van der Waals surface area contributed by atoms with Gasteiger partial charge in [-0.15, -0.1) is 10.2 Å². The van der Waals surface area contributed by atoms with Crippen LogP contribution in [-0.4, -0.2) is 25.6 Å². The van der Waals surface area contributed by atoms with Crippen molar-refractivity contribution in [1.29, 1.82) is 0 Å². The fraction of sp³-hybridized carbons (Fsp3) is 0.211. The van der Waals surface area contributed by atoms with Crippen LogP contribution in [0.3, 0.4) is 0 Å². The van der Waals surface area contributed by atoms with E-state index in [0.29, 0.717) is 16.9 Å². The SMILES string of the molecule is Cc1ccc2nc(NC3CC3)n3c(-c4ccccc4Cl)nnc3c2c1. The first kappa shape index (κ1) is 14.7. The van der Waals surface area contributed by atoms with Gasteiger partial charge in [-0.2, -0.15) is 0 Å². The van der Waals surface area contributed by atoms with Crippen molar-refractivity contribution < 1.29 is 0 Å². The zero-order chi connectivity index (χ0) is 17.0. The molecule has 25 heavy (non-hydrogen) atoms. The van der Waals surface area contributed by atoms with E-state index in [-0.39, 0.29) is 0 Å². The third-order valence-corrected chi connectivity index (χ3v) is 4.85.